The van der Waals surface area contributed by atoms with Crippen molar-refractivity contribution in [2.24, 2.45) is 0 Å². The summed E-state index contributed by atoms with van der Waals surface area (Å²) in [6, 6.07) is -0.801. The van der Waals surface area contributed by atoms with Gasteiger partial charge in [-0.15, -0.1) is 0 Å². The van der Waals surface area contributed by atoms with Crippen molar-refractivity contribution < 1.29 is 32.9 Å². The van der Waals surface area contributed by atoms with E-state index in [1.54, 1.807) is 0 Å². The summed E-state index contributed by atoms with van der Waals surface area (Å²) >= 11 is 0. The normalized spacial score (nSPS) is 14.2. The van der Waals surface area contributed by atoms with Crippen molar-refractivity contribution in [3.8, 4) is 0 Å². The van der Waals surface area contributed by atoms with Crippen LogP contribution in [0.1, 0.15) is 264 Å². The average Bonchev–Trinajstić information content (AvgIpc) is 3.24. The van der Waals surface area contributed by atoms with Crippen LogP contribution in [0.25, 0.3) is 0 Å². The van der Waals surface area contributed by atoms with Gasteiger partial charge < -0.3 is 28.8 Å². The topological polar surface area (TPSA) is 108 Å². The molecule has 374 valence electrons. The SMILES string of the molecule is CCCCCCCCCCC/C=C\C/C=C\CCCCCCCCCCCC(=O)NC(COP(=O)([O-])OCC[N+](C)(C)C)C(O)CCCCCCCCCCCCCCCCCC. The van der Waals surface area contributed by atoms with Crippen LogP contribution >= 0.6 is 7.82 Å². The molecular weight excluding hydrogens is 804 g/mol. The Kier molecular flexibility index (Phi) is 45.4. The number of likely N-dealkylation sites (N-methyl/N-ethyl adjacent to an activating group) is 1. The van der Waals surface area contributed by atoms with E-state index in [-0.39, 0.29) is 19.1 Å². The fourth-order valence-corrected chi connectivity index (χ4v) is 8.85. The van der Waals surface area contributed by atoms with Crippen molar-refractivity contribution in [3.05, 3.63) is 24.3 Å². The van der Waals surface area contributed by atoms with E-state index >= 15 is 0 Å². The Morgan fingerprint density at radius 1 is 0.556 bits per heavy atom. The lowest BCUT2D eigenvalue weighted by atomic mass is 10.0. The van der Waals surface area contributed by atoms with Gasteiger partial charge in [0.1, 0.15) is 13.2 Å². The Morgan fingerprint density at radius 2 is 0.921 bits per heavy atom. The molecule has 0 saturated heterocycles. The van der Waals surface area contributed by atoms with Gasteiger partial charge in [0, 0.05) is 6.42 Å². The predicted molar refractivity (Wildman–Crippen MR) is 270 cm³/mol. The molecule has 0 aliphatic carbocycles. The number of quaternary nitrogens is 1. The van der Waals surface area contributed by atoms with Gasteiger partial charge in [-0.1, -0.05) is 237 Å². The zero-order valence-corrected chi connectivity index (χ0v) is 43.4. The minimum Gasteiger partial charge on any atom is -0.756 e. The second-order valence-electron chi connectivity index (χ2n) is 19.9. The number of rotatable bonds is 50. The summed E-state index contributed by atoms with van der Waals surface area (Å²) in [5.41, 5.74) is 0. The minimum absolute atomic E-state index is 0.0123. The van der Waals surface area contributed by atoms with Gasteiger partial charge in [-0.25, -0.2) is 0 Å². The molecule has 0 aromatic rings. The van der Waals surface area contributed by atoms with Crippen molar-refractivity contribution in [1.29, 1.82) is 0 Å². The molecule has 3 atom stereocenters. The minimum atomic E-state index is -4.57. The van der Waals surface area contributed by atoms with Crippen LogP contribution in [-0.2, 0) is 18.4 Å². The molecule has 3 unspecified atom stereocenters. The van der Waals surface area contributed by atoms with Crippen molar-refractivity contribution in [2.75, 3.05) is 40.9 Å². The number of allylic oxidation sites excluding steroid dienone is 4. The Morgan fingerprint density at radius 3 is 1.32 bits per heavy atom. The molecule has 0 bridgehead atoms. The van der Waals surface area contributed by atoms with Crippen molar-refractivity contribution in [3.63, 3.8) is 0 Å². The molecule has 0 aromatic heterocycles. The number of amides is 1. The van der Waals surface area contributed by atoms with E-state index in [9.17, 15) is 19.4 Å². The first-order valence-electron chi connectivity index (χ1n) is 27.2. The number of aliphatic hydroxyl groups excluding tert-OH is 1. The van der Waals surface area contributed by atoms with Gasteiger partial charge in [-0.3, -0.25) is 9.36 Å². The smallest absolute Gasteiger partial charge is 0.268 e. The molecule has 0 saturated carbocycles. The van der Waals surface area contributed by atoms with Gasteiger partial charge in [0.05, 0.1) is 39.9 Å². The van der Waals surface area contributed by atoms with Gasteiger partial charge in [-0.05, 0) is 44.9 Å². The van der Waals surface area contributed by atoms with Crippen LogP contribution in [0.4, 0.5) is 0 Å². The summed E-state index contributed by atoms with van der Waals surface area (Å²) in [6.45, 7) is 4.74. The molecule has 0 aromatic carbocycles. The lowest BCUT2D eigenvalue weighted by molar-refractivity contribution is -0.870. The maximum absolute atomic E-state index is 13.0. The van der Waals surface area contributed by atoms with Gasteiger partial charge in [0.2, 0.25) is 5.91 Å². The zero-order valence-electron chi connectivity index (χ0n) is 42.5. The molecule has 0 heterocycles. The molecule has 1 amide bonds. The van der Waals surface area contributed by atoms with Crippen LogP contribution in [0.15, 0.2) is 24.3 Å². The number of hydrogen-bond donors (Lipinski definition) is 2. The highest BCUT2D eigenvalue weighted by Gasteiger charge is 2.24. The van der Waals surface area contributed by atoms with Gasteiger partial charge >= 0.3 is 0 Å². The number of hydrogen-bond acceptors (Lipinski definition) is 6. The lowest BCUT2D eigenvalue weighted by Crippen LogP contribution is -2.46. The van der Waals surface area contributed by atoms with E-state index < -0.39 is 20.0 Å². The third-order valence-corrected chi connectivity index (χ3v) is 13.4. The first-order valence-corrected chi connectivity index (χ1v) is 28.6. The van der Waals surface area contributed by atoms with Crippen LogP contribution in [0, 0.1) is 0 Å². The van der Waals surface area contributed by atoms with Gasteiger partial charge in [0.25, 0.3) is 7.82 Å². The number of aliphatic hydroxyl groups is 1. The molecule has 0 aliphatic heterocycles. The van der Waals surface area contributed by atoms with Gasteiger partial charge in [-0.2, -0.15) is 0 Å². The van der Waals surface area contributed by atoms with Gasteiger partial charge in [0.15, 0.2) is 0 Å². The Hall–Kier alpha value is -1.02. The largest absolute Gasteiger partial charge is 0.756 e. The van der Waals surface area contributed by atoms with Crippen molar-refractivity contribution in [2.45, 2.75) is 276 Å². The Balaban J connectivity index is 4.19. The first-order chi connectivity index (χ1) is 30.5. The fourth-order valence-electron chi connectivity index (χ4n) is 8.13. The number of nitrogens with one attached hydrogen (secondary N) is 1. The molecule has 0 aliphatic rings. The zero-order chi connectivity index (χ0) is 46.4. The second-order valence-corrected chi connectivity index (χ2v) is 21.4. The summed E-state index contributed by atoms with van der Waals surface area (Å²) in [7, 11) is 1.31. The molecule has 0 rings (SSSR count). The Labute approximate surface area is 392 Å². The average molecular weight is 911 g/mol. The predicted octanol–water partition coefficient (Wildman–Crippen LogP) is 15.4. The quantitative estimate of drug-likeness (QED) is 0.0272. The molecule has 2 N–H and O–H groups in total. The third-order valence-electron chi connectivity index (χ3n) is 12.4. The van der Waals surface area contributed by atoms with Crippen LogP contribution < -0.4 is 10.2 Å². The van der Waals surface area contributed by atoms with E-state index in [0.29, 0.717) is 23.9 Å². The number of phosphoric acid groups is 1. The molecule has 0 radical (unpaired) electrons. The van der Waals surface area contributed by atoms with E-state index in [0.717, 1.165) is 44.9 Å². The van der Waals surface area contributed by atoms with E-state index in [4.69, 9.17) is 9.05 Å². The summed E-state index contributed by atoms with van der Waals surface area (Å²) in [6.07, 6.45) is 56.2. The number of phosphoric ester groups is 1. The number of nitrogens with zero attached hydrogens (tertiary/aromatic N) is 1. The summed E-state index contributed by atoms with van der Waals surface area (Å²) in [5.74, 6) is -0.166. The van der Waals surface area contributed by atoms with Crippen LogP contribution in [0.2, 0.25) is 0 Å². The Bertz CT molecular complexity index is 1080. The number of unbranched alkanes of at least 4 members (excludes halogenated alkanes) is 33. The standard InChI is InChI=1S/C54H107N2O6P/c1-6-8-10-12-14-16-18-20-22-24-25-26-27-28-29-30-31-32-34-36-38-40-42-44-46-48-54(58)55-52(51-62-63(59,60)61-50-49-56(3,4)5)53(57)47-45-43-41-39-37-35-33-23-21-19-17-15-13-11-9-7-2/h25-26,28-29,52-53,57H,6-24,27,30-51H2,1-5H3,(H-,55,58,59,60)/b26-25-,29-28-. The highest BCUT2D eigenvalue weighted by Crippen LogP contribution is 2.38. The van der Waals surface area contributed by atoms with E-state index in [1.165, 1.54) is 193 Å². The maximum atomic E-state index is 13.0. The van der Waals surface area contributed by atoms with Crippen molar-refractivity contribution >= 4 is 13.7 Å². The summed E-state index contributed by atoms with van der Waals surface area (Å²) in [5, 5.41) is 14.0. The van der Waals surface area contributed by atoms with Crippen LogP contribution in [0.3, 0.4) is 0 Å². The molecule has 63 heavy (non-hydrogen) atoms. The van der Waals surface area contributed by atoms with Crippen LogP contribution in [-0.4, -0.2) is 68.5 Å². The second kappa shape index (κ2) is 46.1. The monoisotopic (exact) mass is 911 g/mol. The molecule has 0 spiro atoms. The highest BCUT2D eigenvalue weighted by atomic mass is 31.2. The lowest BCUT2D eigenvalue weighted by Gasteiger charge is -2.30. The first kappa shape index (κ1) is 62.0. The van der Waals surface area contributed by atoms with Crippen LogP contribution in [0.5, 0.6) is 0 Å². The number of carbonyl (C=O) groups is 1. The van der Waals surface area contributed by atoms with E-state index in [2.05, 4.69) is 43.5 Å². The van der Waals surface area contributed by atoms with E-state index in [1.807, 2.05) is 21.1 Å². The third kappa shape index (κ3) is 48.7. The maximum Gasteiger partial charge on any atom is 0.268 e. The summed E-state index contributed by atoms with van der Waals surface area (Å²) in [4.78, 5) is 25.5. The summed E-state index contributed by atoms with van der Waals surface area (Å²) < 4.78 is 23.4. The molecule has 9 heteroatoms. The molecular formula is C54H107N2O6P. The number of carbonyl (C=O) groups excluding carboxylic acids is 1. The fraction of sp³-hybridized carbons (Fsp3) is 0.907. The highest BCUT2D eigenvalue weighted by molar-refractivity contribution is 7.45. The molecule has 8 nitrogen and oxygen atoms in total. The molecule has 0 fully saturated rings. The van der Waals surface area contributed by atoms with Crippen molar-refractivity contribution in [1.82, 2.24) is 5.32 Å².